The maximum Gasteiger partial charge on any atom is 0.416 e. The number of fused-ring (bicyclic) bond motifs is 1. The van der Waals surface area contributed by atoms with E-state index in [4.69, 9.17) is 0 Å². The van der Waals surface area contributed by atoms with Crippen molar-refractivity contribution in [3.05, 3.63) is 95.1 Å². The quantitative estimate of drug-likeness (QED) is 0.479. The Hall–Kier alpha value is -3.33. The first-order valence-electron chi connectivity index (χ1n) is 11.2. The molecule has 0 aliphatic heterocycles. The summed E-state index contributed by atoms with van der Waals surface area (Å²) in [6.07, 6.45) is -1.58. The van der Waals surface area contributed by atoms with E-state index in [2.05, 4.69) is 5.32 Å². The van der Waals surface area contributed by atoms with Gasteiger partial charge in [-0.25, -0.2) is 8.42 Å². The van der Waals surface area contributed by atoms with Crippen LogP contribution in [0.5, 0.6) is 0 Å². The highest BCUT2D eigenvalue weighted by molar-refractivity contribution is 7.92. The largest absolute Gasteiger partial charge is 0.416 e. The molecule has 1 aliphatic rings. The molecule has 0 spiro atoms. The van der Waals surface area contributed by atoms with Crippen LogP contribution in [-0.2, 0) is 33.8 Å². The molecule has 3 aromatic rings. The van der Waals surface area contributed by atoms with Crippen LogP contribution >= 0.6 is 0 Å². The molecule has 1 aliphatic carbocycles. The van der Waals surface area contributed by atoms with Crippen molar-refractivity contribution in [1.29, 1.82) is 0 Å². The van der Waals surface area contributed by atoms with E-state index in [-0.39, 0.29) is 10.6 Å². The summed E-state index contributed by atoms with van der Waals surface area (Å²) < 4.78 is 67.4. The number of hydrogen-bond donors (Lipinski definition) is 1. The number of halogens is 3. The lowest BCUT2D eigenvalue weighted by molar-refractivity contribution is -0.137. The third-order valence-electron chi connectivity index (χ3n) is 6.08. The van der Waals surface area contributed by atoms with Crippen molar-refractivity contribution < 1.29 is 26.4 Å². The Balaban J connectivity index is 1.62. The van der Waals surface area contributed by atoms with E-state index in [1.54, 1.807) is 13.0 Å². The highest BCUT2D eigenvalue weighted by atomic mass is 32.2. The fourth-order valence-corrected chi connectivity index (χ4v) is 5.67. The van der Waals surface area contributed by atoms with Gasteiger partial charge in [0.1, 0.15) is 6.54 Å². The highest BCUT2D eigenvalue weighted by Gasteiger charge is 2.33. The summed E-state index contributed by atoms with van der Waals surface area (Å²) in [6, 6.07) is 16.9. The van der Waals surface area contributed by atoms with Gasteiger partial charge in [0.15, 0.2) is 0 Å². The number of nitrogens with one attached hydrogen (secondary N) is 1. The van der Waals surface area contributed by atoms with Crippen molar-refractivity contribution in [2.75, 3.05) is 10.8 Å². The second kappa shape index (κ2) is 9.73. The molecule has 0 aromatic heterocycles. The van der Waals surface area contributed by atoms with Gasteiger partial charge in [0.05, 0.1) is 22.2 Å². The van der Waals surface area contributed by atoms with E-state index in [9.17, 15) is 26.4 Å². The summed E-state index contributed by atoms with van der Waals surface area (Å²) in [5.74, 6) is -0.630. The first kappa shape index (κ1) is 24.8. The fourth-order valence-electron chi connectivity index (χ4n) is 4.23. The summed E-state index contributed by atoms with van der Waals surface area (Å²) in [6.45, 7) is 1.11. The van der Waals surface area contributed by atoms with Gasteiger partial charge in [-0.1, -0.05) is 42.5 Å². The summed E-state index contributed by atoms with van der Waals surface area (Å²) in [5, 5.41) is 2.79. The van der Waals surface area contributed by atoms with Gasteiger partial charge in [0, 0.05) is 0 Å². The fraction of sp³-hybridized carbons (Fsp3) is 0.269. The van der Waals surface area contributed by atoms with Gasteiger partial charge in [-0.3, -0.25) is 9.10 Å². The van der Waals surface area contributed by atoms with Crippen LogP contribution in [-0.4, -0.2) is 20.9 Å². The van der Waals surface area contributed by atoms with Crippen LogP contribution in [0.4, 0.5) is 18.9 Å². The van der Waals surface area contributed by atoms with E-state index in [0.29, 0.717) is 4.31 Å². The predicted octanol–water partition coefficient (Wildman–Crippen LogP) is 5.27. The monoisotopic (exact) mass is 502 g/mol. The summed E-state index contributed by atoms with van der Waals surface area (Å²) in [4.78, 5) is 12.8. The normalized spacial score (nSPS) is 14.3. The molecular formula is C26H25F3N2O3S. The van der Waals surface area contributed by atoms with Gasteiger partial charge in [-0.15, -0.1) is 0 Å². The molecule has 5 nitrogen and oxygen atoms in total. The molecule has 1 amide bonds. The predicted molar refractivity (Wildman–Crippen MR) is 127 cm³/mol. The van der Waals surface area contributed by atoms with Crippen molar-refractivity contribution in [3.8, 4) is 0 Å². The van der Waals surface area contributed by atoms with Crippen molar-refractivity contribution in [1.82, 2.24) is 5.32 Å². The molecule has 1 atom stereocenters. The number of hydrogen-bond acceptors (Lipinski definition) is 3. The first-order chi connectivity index (χ1) is 16.6. The minimum Gasteiger partial charge on any atom is -0.348 e. The standard InChI is InChI=1S/C26H25F3N2O3S/c1-18(20-14-13-19-7-5-8-21(19)15-20)30-25(32)17-31(35(33,34)24-11-3-2-4-12-24)23-10-6-9-22(16-23)26(27,28)29/h2-4,6,9-16,18H,5,7-8,17H2,1H3,(H,30,32)/t18-/m1/s1. The number of benzene rings is 3. The zero-order valence-electron chi connectivity index (χ0n) is 19.0. The number of amides is 1. The lowest BCUT2D eigenvalue weighted by atomic mass is 10.0. The molecule has 0 unspecified atom stereocenters. The van der Waals surface area contributed by atoms with Gasteiger partial charge in [0.2, 0.25) is 5.91 Å². The Morgan fingerprint density at radius 3 is 2.40 bits per heavy atom. The number of carbonyl (C=O) groups is 1. The van der Waals surface area contributed by atoms with Crippen molar-refractivity contribution in [2.45, 2.75) is 43.3 Å². The van der Waals surface area contributed by atoms with Crippen LogP contribution in [0.25, 0.3) is 0 Å². The number of aryl methyl sites for hydroxylation is 2. The molecule has 0 fully saturated rings. The van der Waals surface area contributed by atoms with E-state index in [1.807, 2.05) is 18.2 Å². The van der Waals surface area contributed by atoms with Gasteiger partial charge in [0.25, 0.3) is 10.0 Å². The molecule has 35 heavy (non-hydrogen) atoms. The van der Waals surface area contributed by atoms with Crippen molar-refractivity contribution in [3.63, 3.8) is 0 Å². The van der Waals surface area contributed by atoms with E-state index < -0.39 is 40.3 Å². The summed E-state index contributed by atoms with van der Waals surface area (Å²) >= 11 is 0. The minimum absolute atomic E-state index is 0.128. The molecule has 0 saturated heterocycles. The molecule has 1 N–H and O–H groups in total. The molecule has 3 aromatic carbocycles. The van der Waals surface area contributed by atoms with Crippen molar-refractivity contribution >= 4 is 21.6 Å². The second-order valence-corrected chi connectivity index (χ2v) is 10.4. The number of carbonyl (C=O) groups excluding carboxylic acids is 1. The first-order valence-corrected chi connectivity index (χ1v) is 12.7. The number of anilines is 1. The number of sulfonamides is 1. The zero-order chi connectivity index (χ0) is 25.2. The van der Waals surface area contributed by atoms with Crippen LogP contribution in [0.3, 0.4) is 0 Å². The van der Waals surface area contributed by atoms with Crippen LogP contribution in [0.15, 0.2) is 77.7 Å². The van der Waals surface area contributed by atoms with Gasteiger partial charge in [-0.2, -0.15) is 13.2 Å². The van der Waals surface area contributed by atoms with Crippen LogP contribution in [0.2, 0.25) is 0 Å². The zero-order valence-corrected chi connectivity index (χ0v) is 19.9. The SMILES string of the molecule is C[C@@H](NC(=O)CN(c1cccc(C(F)(F)F)c1)S(=O)(=O)c1ccccc1)c1ccc2c(c1)CCC2. The molecule has 184 valence electrons. The maximum atomic E-state index is 13.4. The maximum absolute atomic E-state index is 13.4. The topological polar surface area (TPSA) is 66.5 Å². The van der Waals surface area contributed by atoms with E-state index in [1.165, 1.54) is 41.5 Å². The summed E-state index contributed by atoms with van der Waals surface area (Å²) in [7, 11) is -4.31. The second-order valence-electron chi connectivity index (χ2n) is 8.54. The Morgan fingerprint density at radius 2 is 1.69 bits per heavy atom. The molecule has 4 rings (SSSR count). The van der Waals surface area contributed by atoms with E-state index in [0.717, 1.165) is 43.0 Å². The molecule has 9 heteroatoms. The lowest BCUT2D eigenvalue weighted by Crippen LogP contribution is -2.41. The third-order valence-corrected chi connectivity index (χ3v) is 7.87. The van der Waals surface area contributed by atoms with Gasteiger partial charge < -0.3 is 5.32 Å². The number of nitrogens with zero attached hydrogens (tertiary/aromatic N) is 1. The molecule has 0 radical (unpaired) electrons. The average Bonchev–Trinajstić information content (AvgIpc) is 3.30. The average molecular weight is 503 g/mol. The van der Waals surface area contributed by atoms with Crippen LogP contribution in [0, 0.1) is 0 Å². The molecule has 0 bridgehead atoms. The number of rotatable bonds is 7. The van der Waals surface area contributed by atoms with Crippen LogP contribution < -0.4 is 9.62 Å². The van der Waals surface area contributed by atoms with E-state index >= 15 is 0 Å². The Morgan fingerprint density at radius 1 is 0.971 bits per heavy atom. The molecule has 0 saturated carbocycles. The number of alkyl halides is 3. The van der Waals surface area contributed by atoms with Gasteiger partial charge >= 0.3 is 6.18 Å². The van der Waals surface area contributed by atoms with Crippen molar-refractivity contribution in [2.24, 2.45) is 0 Å². The Labute approximate surface area is 202 Å². The minimum atomic E-state index is -4.66. The highest BCUT2D eigenvalue weighted by Crippen LogP contribution is 2.33. The Kier molecular flexibility index (Phi) is 6.89. The molecule has 0 heterocycles. The Bertz CT molecular complexity index is 1330. The van der Waals surface area contributed by atoms with Gasteiger partial charge in [-0.05, 0) is 73.2 Å². The summed E-state index contributed by atoms with van der Waals surface area (Å²) in [5.41, 5.74) is 2.16. The molecular weight excluding hydrogens is 477 g/mol. The van der Waals surface area contributed by atoms with Crippen LogP contribution in [0.1, 0.15) is 41.6 Å². The lowest BCUT2D eigenvalue weighted by Gasteiger charge is -2.26. The third kappa shape index (κ3) is 5.51. The smallest absolute Gasteiger partial charge is 0.348 e.